The van der Waals surface area contributed by atoms with Crippen LogP contribution >= 0.6 is 11.3 Å². The Bertz CT molecular complexity index is 939. The molecule has 24 heavy (non-hydrogen) atoms. The minimum absolute atomic E-state index is 0.151. The zero-order chi connectivity index (χ0) is 17.3. The van der Waals surface area contributed by atoms with Crippen molar-refractivity contribution in [3.8, 4) is 0 Å². The van der Waals surface area contributed by atoms with E-state index in [9.17, 15) is 9.59 Å². The summed E-state index contributed by atoms with van der Waals surface area (Å²) in [6.45, 7) is 0.905. The Morgan fingerprint density at radius 1 is 1.33 bits per heavy atom. The van der Waals surface area contributed by atoms with E-state index in [2.05, 4.69) is 15.5 Å². The van der Waals surface area contributed by atoms with Crippen molar-refractivity contribution in [2.24, 2.45) is 7.05 Å². The predicted octanol–water partition coefficient (Wildman–Crippen LogP) is 0.481. The van der Waals surface area contributed by atoms with Gasteiger partial charge < -0.3 is 14.8 Å². The lowest BCUT2D eigenvalue weighted by atomic mass is 10.2. The molecule has 0 spiro atoms. The summed E-state index contributed by atoms with van der Waals surface area (Å²) in [5, 5.41) is 12.7. The summed E-state index contributed by atoms with van der Waals surface area (Å²) in [5.74, 6) is 0.365. The highest BCUT2D eigenvalue weighted by Gasteiger charge is 2.15. The lowest BCUT2D eigenvalue weighted by Gasteiger charge is -2.10. The van der Waals surface area contributed by atoms with Crippen molar-refractivity contribution >= 4 is 22.9 Å². The van der Waals surface area contributed by atoms with Crippen molar-refractivity contribution in [1.29, 1.82) is 0 Å². The smallest absolute Gasteiger partial charge is 0.295 e. The number of nitrogens with one attached hydrogen (secondary N) is 1. The summed E-state index contributed by atoms with van der Waals surface area (Å²) < 4.78 is 3.03. The second kappa shape index (κ2) is 6.54. The van der Waals surface area contributed by atoms with E-state index >= 15 is 0 Å². The second-order valence-electron chi connectivity index (χ2n) is 5.72. The SMILES string of the molecule is CN(C)Cc1ccsc1C(=O)NCc1nnc2c(=O)n(C)ccn12. The first-order valence-electron chi connectivity index (χ1n) is 7.36. The monoisotopic (exact) mass is 346 g/mol. The third-order valence-corrected chi connectivity index (χ3v) is 4.52. The van der Waals surface area contributed by atoms with E-state index in [-0.39, 0.29) is 23.7 Å². The van der Waals surface area contributed by atoms with Gasteiger partial charge in [-0.1, -0.05) is 0 Å². The zero-order valence-electron chi connectivity index (χ0n) is 13.7. The van der Waals surface area contributed by atoms with Crippen LogP contribution in [-0.4, -0.2) is 44.1 Å². The molecule has 3 heterocycles. The van der Waals surface area contributed by atoms with Gasteiger partial charge in [0.1, 0.15) is 0 Å². The summed E-state index contributed by atoms with van der Waals surface area (Å²) in [5.41, 5.74) is 1.00. The fourth-order valence-corrected chi connectivity index (χ4v) is 3.21. The van der Waals surface area contributed by atoms with Crippen LogP contribution in [0.25, 0.3) is 5.65 Å². The largest absolute Gasteiger partial charge is 0.344 e. The molecule has 3 aromatic heterocycles. The summed E-state index contributed by atoms with van der Waals surface area (Å²) in [7, 11) is 5.58. The quantitative estimate of drug-likeness (QED) is 0.726. The van der Waals surface area contributed by atoms with Crippen LogP contribution < -0.4 is 10.9 Å². The molecule has 0 aliphatic rings. The number of thiophene rings is 1. The van der Waals surface area contributed by atoms with Crippen molar-refractivity contribution in [1.82, 2.24) is 29.4 Å². The number of hydrogen-bond donors (Lipinski definition) is 1. The van der Waals surface area contributed by atoms with E-state index in [1.807, 2.05) is 30.4 Å². The second-order valence-corrected chi connectivity index (χ2v) is 6.64. The van der Waals surface area contributed by atoms with Crippen molar-refractivity contribution in [2.75, 3.05) is 14.1 Å². The lowest BCUT2D eigenvalue weighted by molar-refractivity contribution is 0.0952. The first-order chi connectivity index (χ1) is 11.5. The molecule has 126 valence electrons. The van der Waals surface area contributed by atoms with E-state index in [0.717, 1.165) is 5.56 Å². The molecular weight excluding hydrogens is 328 g/mol. The van der Waals surface area contributed by atoms with Gasteiger partial charge in [0, 0.05) is 26.0 Å². The van der Waals surface area contributed by atoms with Gasteiger partial charge in [0.05, 0.1) is 11.4 Å². The minimum Gasteiger partial charge on any atom is -0.344 e. The van der Waals surface area contributed by atoms with Crippen molar-refractivity contribution in [3.63, 3.8) is 0 Å². The molecule has 0 saturated heterocycles. The maximum atomic E-state index is 12.4. The Hall–Kier alpha value is -2.52. The van der Waals surface area contributed by atoms with Crippen molar-refractivity contribution in [3.05, 3.63) is 50.5 Å². The number of carbonyl (C=O) groups is 1. The summed E-state index contributed by atoms with van der Waals surface area (Å²) in [6, 6.07) is 1.95. The fourth-order valence-electron chi connectivity index (χ4n) is 2.38. The summed E-state index contributed by atoms with van der Waals surface area (Å²) in [4.78, 5) is 27.1. The van der Waals surface area contributed by atoms with Crippen LogP contribution in [0.5, 0.6) is 0 Å². The molecule has 0 radical (unpaired) electrons. The molecule has 1 N–H and O–H groups in total. The van der Waals surface area contributed by atoms with Crippen molar-refractivity contribution in [2.45, 2.75) is 13.1 Å². The van der Waals surface area contributed by atoms with E-state index in [1.165, 1.54) is 15.9 Å². The molecule has 0 saturated carbocycles. The molecule has 0 bridgehead atoms. The molecule has 1 amide bonds. The molecule has 0 atom stereocenters. The van der Waals surface area contributed by atoms with Gasteiger partial charge in [-0.05, 0) is 31.1 Å². The highest BCUT2D eigenvalue weighted by atomic mass is 32.1. The maximum absolute atomic E-state index is 12.4. The number of rotatable bonds is 5. The summed E-state index contributed by atoms with van der Waals surface area (Å²) >= 11 is 1.41. The van der Waals surface area contributed by atoms with Gasteiger partial charge in [0.15, 0.2) is 5.82 Å². The van der Waals surface area contributed by atoms with Gasteiger partial charge in [0.2, 0.25) is 5.65 Å². The average molecular weight is 346 g/mol. The predicted molar refractivity (Wildman–Crippen MR) is 91.1 cm³/mol. The Morgan fingerprint density at radius 3 is 2.88 bits per heavy atom. The van der Waals surface area contributed by atoms with Crippen LogP contribution in [0.2, 0.25) is 0 Å². The molecule has 3 aromatic rings. The van der Waals surface area contributed by atoms with Gasteiger partial charge in [0.25, 0.3) is 11.5 Å². The normalized spacial score (nSPS) is 11.3. The van der Waals surface area contributed by atoms with Gasteiger partial charge in [-0.3, -0.25) is 14.0 Å². The van der Waals surface area contributed by atoms with E-state index in [1.54, 1.807) is 23.8 Å². The third kappa shape index (κ3) is 3.08. The highest BCUT2D eigenvalue weighted by Crippen LogP contribution is 2.18. The van der Waals surface area contributed by atoms with Crippen LogP contribution in [-0.2, 0) is 20.1 Å². The van der Waals surface area contributed by atoms with E-state index < -0.39 is 0 Å². The minimum atomic E-state index is -0.228. The number of hydrogen-bond acceptors (Lipinski definition) is 6. The van der Waals surface area contributed by atoms with Crippen LogP contribution in [0.15, 0.2) is 28.6 Å². The number of aryl methyl sites for hydroxylation is 1. The van der Waals surface area contributed by atoms with Crippen molar-refractivity contribution < 1.29 is 4.79 Å². The number of nitrogens with zero attached hydrogens (tertiary/aromatic N) is 5. The molecule has 8 nitrogen and oxygen atoms in total. The van der Waals surface area contributed by atoms with Crippen LogP contribution in [0, 0.1) is 0 Å². The van der Waals surface area contributed by atoms with Crippen LogP contribution in [0.4, 0.5) is 0 Å². The Kier molecular flexibility index (Phi) is 4.45. The average Bonchev–Trinajstić information content (AvgIpc) is 3.15. The van der Waals surface area contributed by atoms with Gasteiger partial charge >= 0.3 is 0 Å². The Balaban J connectivity index is 1.77. The molecule has 0 aliphatic heterocycles. The van der Waals surface area contributed by atoms with E-state index in [0.29, 0.717) is 17.2 Å². The third-order valence-electron chi connectivity index (χ3n) is 3.56. The maximum Gasteiger partial charge on any atom is 0.295 e. The number of carbonyl (C=O) groups excluding carboxylic acids is 1. The van der Waals surface area contributed by atoms with Gasteiger partial charge in [-0.2, -0.15) is 0 Å². The molecule has 9 heteroatoms. The summed E-state index contributed by atoms with van der Waals surface area (Å²) in [6.07, 6.45) is 3.35. The van der Waals surface area contributed by atoms with Crippen LogP contribution in [0.3, 0.4) is 0 Å². The molecular formula is C15H18N6O2S. The molecule has 0 aromatic carbocycles. The van der Waals surface area contributed by atoms with Gasteiger partial charge in [-0.15, -0.1) is 21.5 Å². The molecule has 0 fully saturated rings. The fraction of sp³-hybridized carbons (Fsp3) is 0.333. The first kappa shape index (κ1) is 16.3. The molecule has 0 aliphatic carbocycles. The number of fused-ring (bicyclic) bond motifs is 1. The first-order valence-corrected chi connectivity index (χ1v) is 8.24. The van der Waals surface area contributed by atoms with Crippen LogP contribution in [0.1, 0.15) is 21.1 Å². The molecule has 0 unspecified atom stereocenters. The number of aromatic nitrogens is 4. The lowest BCUT2D eigenvalue weighted by Crippen LogP contribution is -2.25. The van der Waals surface area contributed by atoms with E-state index in [4.69, 9.17) is 0 Å². The Labute approximate surface area is 142 Å². The molecule has 3 rings (SSSR count). The number of amides is 1. The highest BCUT2D eigenvalue weighted by molar-refractivity contribution is 7.12. The zero-order valence-corrected chi connectivity index (χ0v) is 14.5. The standard InChI is InChI=1S/C15H18N6O2S/c1-19(2)9-10-4-7-24-12(10)14(22)16-8-11-17-18-13-15(23)20(3)5-6-21(11)13/h4-7H,8-9H2,1-3H3,(H,16,22). The van der Waals surface area contributed by atoms with Gasteiger partial charge in [-0.25, -0.2) is 0 Å². The topological polar surface area (TPSA) is 84.5 Å². The Morgan fingerprint density at radius 2 is 2.12 bits per heavy atom.